The molecule has 0 spiro atoms. The van der Waals surface area contributed by atoms with Crippen molar-refractivity contribution in [3.8, 4) is 0 Å². The fourth-order valence-electron chi connectivity index (χ4n) is 1.37. The molecule has 0 saturated carbocycles. The molecule has 0 unspecified atom stereocenters. The zero-order valence-corrected chi connectivity index (χ0v) is 10.5. The first-order valence-electron chi connectivity index (χ1n) is 5.41. The Kier molecular flexibility index (Phi) is 5.52. The minimum atomic E-state index is 0.590. The van der Waals surface area contributed by atoms with Gasteiger partial charge in [-0.25, -0.2) is 0 Å². The first kappa shape index (κ1) is 13.2. The van der Waals surface area contributed by atoms with E-state index in [1.54, 1.807) is 0 Å². The van der Waals surface area contributed by atoms with E-state index in [-0.39, 0.29) is 0 Å². The maximum absolute atomic E-state index is 3.79. The van der Waals surface area contributed by atoms with E-state index in [2.05, 4.69) is 54.2 Å². The summed E-state index contributed by atoms with van der Waals surface area (Å²) in [5, 5.41) is 0. The lowest BCUT2D eigenvalue weighted by molar-refractivity contribution is 0.705. The Bertz CT molecular complexity index is 249. The molecule has 80 valence electrons. The van der Waals surface area contributed by atoms with E-state index >= 15 is 0 Å². The van der Waals surface area contributed by atoms with Gasteiger partial charge in [0.1, 0.15) is 0 Å². The van der Waals surface area contributed by atoms with E-state index in [1.807, 2.05) is 6.08 Å². The Hall–Kier alpha value is -0.780. The summed E-state index contributed by atoms with van der Waals surface area (Å²) in [6.07, 6.45) is 4.17. The number of allylic oxidation sites excluding steroid dienone is 5. The Morgan fingerprint density at radius 1 is 1.00 bits per heavy atom. The Balaban J connectivity index is 5.15. The number of hydrogen-bond acceptors (Lipinski definition) is 0. The molecule has 0 saturated heterocycles. The molecule has 14 heavy (non-hydrogen) atoms. The molecular weight excluding hydrogens is 168 g/mol. The van der Waals surface area contributed by atoms with Crippen LogP contribution in [0.3, 0.4) is 0 Å². The highest BCUT2D eigenvalue weighted by Gasteiger charge is 2.07. The molecule has 0 fully saturated rings. The van der Waals surface area contributed by atoms with Gasteiger partial charge in [0.2, 0.25) is 0 Å². The quantitative estimate of drug-likeness (QED) is 0.564. The van der Waals surface area contributed by atoms with Crippen molar-refractivity contribution >= 4 is 0 Å². The molecule has 0 heterocycles. The van der Waals surface area contributed by atoms with E-state index in [9.17, 15) is 0 Å². The summed E-state index contributed by atoms with van der Waals surface area (Å²) < 4.78 is 0. The monoisotopic (exact) mass is 192 g/mol. The van der Waals surface area contributed by atoms with Gasteiger partial charge in [-0.3, -0.25) is 0 Å². The van der Waals surface area contributed by atoms with Crippen molar-refractivity contribution in [1.29, 1.82) is 0 Å². The van der Waals surface area contributed by atoms with Crippen LogP contribution in [0.5, 0.6) is 0 Å². The lowest BCUT2D eigenvalue weighted by Crippen LogP contribution is -2.00. The van der Waals surface area contributed by atoms with Gasteiger partial charge < -0.3 is 0 Å². The molecule has 0 nitrogen and oxygen atoms in total. The molecule has 0 aliphatic heterocycles. The van der Waals surface area contributed by atoms with Crippen molar-refractivity contribution < 1.29 is 0 Å². The molecule has 0 aliphatic rings. The zero-order valence-electron chi connectivity index (χ0n) is 10.5. The van der Waals surface area contributed by atoms with Gasteiger partial charge in [0.15, 0.2) is 0 Å². The van der Waals surface area contributed by atoms with Crippen LogP contribution in [0.4, 0.5) is 0 Å². The molecule has 0 atom stereocenters. The average molecular weight is 192 g/mol. The van der Waals surface area contributed by atoms with Crippen LogP contribution in [-0.4, -0.2) is 0 Å². The molecule has 0 rings (SSSR count). The lowest BCUT2D eigenvalue weighted by Gasteiger charge is -2.15. The van der Waals surface area contributed by atoms with E-state index in [4.69, 9.17) is 0 Å². The molecule has 0 aromatic carbocycles. The van der Waals surface area contributed by atoms with Crippen LogP contribution in [0, 0.1) is 11.8 Å². The molecule has 0 N–H and O–H groups in total. The van der Waals surface area contributed by atoms with Gasteiger partial charge in [0.25, 0.3) is 0 Å². The van der Waals surface area contributed by atoms with Crippen molar-refractivity contribution in [2.24, 2.45) is 11.8 Å². The predicted molar refractivity (Wildman–Crippen MR) is 66.3 cm³/mol. The van der Waals surface area contributed by atoms with Crippen molar-refractivity contribution in [1.82, 2.24) is 0 Å². The highest BCUT2D eigenvalue weighted by molar-refractivity contribution is 5.33. The van der Waals surface area contributed by atoms with E-state index in [1.165, 1.54) is 16.7 Å². The Labute approximate surface area is 89.4 Å². The lowest BCUT2D eigenvalue weighted by atomic mass is 9.90. The molecule has 0 radical (unpaired) electrons. The van der Waals surface area contributed by atoms with Gasteiger partial charge in [-0.2, -0.15) is 0 Å². The van der Waals surface area contributed by atoms with Crippen LogP contribution in [0.1, 0.15) is 41.5 Å². The van der Waals surface area contributed by atoms with Gasteiger partial charge in [0, 0.05) is 0 Å². The molecular formula is C14H24. The fraction of sp³-hybridized carbons (Fsp3) is 0.571. The molecule has 0 aliphatic carbocycles. The largest absolute Gasteiger partial charge is 0.0988 e. The average Bonchev–Trinajstić information content (AvgIpc) is 2.11. The summed E-state index contributed by atoms with van der Waals surface area (Å²) in [6, 6.07) is 0. The first-order valence-corrected chi connectivity index (χ1v) is 5.41. The predicted octanol–water partition coefficient (Wildman–Crippen LogP) is 4.75. The highest BCUT2D eigenvalue weighted by atomic mass is 14.1. The molecule has 0 heteroatoms. The SMILES string of the molecule is C=C/C(C)=C\C(=C(\C)C(C)C)C(C)C. The van der Waals surface area contributed by atoms with Gasteiger partial charge in [-0.15, -0.1) is 0 Å². The van der Waals surface area contributed by atoms with Crippen molar-refractivity contribution in [3.63, 3.8) is 0 Å². The van der Waals surface area contributed by atoms with Gasteiger partial charge >= 0.3 is 0 Å². The number of hydrogen-bond donors (Lipinski definition) is 0. The summed E-state index contributed by atoms with van der Waals surface area (Å²) in [5.41, 5.74) is 4.19. The van der Waals surface area contributed by atoms with E-state index in [0.29, 0.717) is 11.8 Å². The second-order valence-electron chi connectivity index (χ2n) is 4.54. The van der Waals surface area contributed by atoms with Crippen molar-refractivity contribution in [2.45, 2.75) is 41.5 Å². The van der Waals surface area contributed by atoms with E-state index < -0.39 is 0 Å². The fourth-order valence-corrected chi connectivity index (χ4v) is 1.37. The minimum Gasteiger partial charge on any atom is -0.0988 e. The maximum Gasteiger partial charge on any atom is -0.0219 e. The first-order chi connectivity index (χ1) is 6.40. The topological polar surface area (TPSA) is 0 Å². The Morgan fingerprint density at radius 3 is 1.79 bits per heavy atom. The van der Waals surface area contributed by atoms with Gasteiger partial charge in [-0.05, 0) is 31.3 Å². The standard InChI is InChI=1S/C14H24/c1-8-12(6)9-14(11(4)5)13(7)10(2)3/h8-11H,1H2,2-7H3/b12-9-,14-13+. The zero-order chi connectivity index (χ0) is 11.3. The second-order valence-corrected chi connectivity index (χ2v) is 4.54. The molecule has 0 amide bonds. The minimum absolute atomic E-state index is 0.590. The number of rotatable bonds is 4. The van der Waals surface area contributed by atoms with Crippen LogP contribution < -0.4 is 0 Å². The molecule has 0 aromatic heterocycles. The third kappa shape index (κ3) is 3.95. The summed E-state index contributed by atoms with van der Waals surface area (Å²) in [6.45, 7) is 17.1. The summed E-state index contributed by atoms with van der Waals surface area (Å²) in [7, 11) is 0. The van der Waals surface area contributed by atoms with Gasteiger partial charge in [-0.1, -0.05) is 57.6 Å². The Morgan fingerprint density at radius 2 is 1.50 bits per heavy atom. The van der Waals surface area contributed by atoms with Gasteiger partial charge in [0.05, 0.1) is 0 Å². The van der Waals surface area contributed by atoms with Crippen LogP contribution >= 0.6 is 0 Å². The van der Waals surface area contributed by atoms with Crippen LogP contribution in [0.2, 0.25) is 0 Å². The third-order valence-electron chi connectivity index (χ3n) is 2.65. The smallest absolute Gasteiger partial charge is 0.0219 e. The maximum atomic E-state index is 3.79. The highest BCUT2D eigenvalue weighted by Crippen LogP contribution is 2.23. The van der Waals surface area contributed by atoms with Crippen molar-refractivity contribution in [2.75, 3.05) is 0 Å². The normalized spacial score (nSPS) is 14.7. The molecule has 0 bridgehead atoms. The van der Waals surface area contributed by atoms with Crippen molar-refractivity contribution in [3.05, 3.63) is 35.5 Å². The summed E-state index contributed by atoms with van der Waals surface area (Å²) in [4.78, 5) is 0. The third-order valence-corrected chi connectivity index (χ3v) is 2.65. The summed E-state index contributed by atoms with van der Waals surface area (Å²) in [5.74, 6) is 1.22. The van der Waals surface area contributed by atoms with Crippen LogP contribution in [0.15, 0.2) is 35.5 Å². The summed E-state index contributed by atoms with van der Waals surface area (Å²) >= 11 is 0. The van der Waals surface area contributed by atoms with E-state index in [0.717, 1.165) is 0 Å². The molecule has 0 aromatic rings. The second kappa shape index (κ2) is 5.85. The van der Waals surface area contributed by atoms with Crippen LogP contribution in [-0.2, 0) is 0 Å². The van der Waals surface area contributed by atoms with Crippen LogP contribution in [0.25, 0.3) is 0 Å².